The van der Waals surface area contributed by atoms with Gasteiger partial charge in [-0.05, 0) is 114 Å². The van der Waals surface area contributed by atoms with Crippen LogP contribution in [0.4, 0.5) is 16.2 Å². The molecule has 6 rings (SSSR count). The standard InChI is InChI=1S/C35H36N4O5/c1-5-39-21(2)27(28-19-26(43-4)11-12-30(28)39)20-32-34(41)29-18-25(10-13-31(29)44-32)37-35(42)36-24-8-6-22(7-9-24)33(40)23-14-16-38(3)17-15-23/h6-13,18-20,23H,5,14-17H2,1-4H3,(H2,36,37,42)/b32-20-. The molecule has 44 heavy (non-hydrogen) atoms. The average molecular weight is 593 g/mol. The number of ketones is 2. The molecular weight excluding hydrogens is 556 g/mol. The number of hydrogen-bond acceptors (Lipinski definition) is 6. The first kappa shape index (κ1) is 29.2. The van der Waals surface area contributed by atoms with Gasteiger partial charge in [-0.1, -0.05) is 0 Å². The van der Waals surface area contributed by atoms with Gasteiger partial charge >= 0.3 is 6.03 Å². The molecular formula is C35H36N4O5. The summed E-state index contributed by atoms with van der Waals surface area (Å²) in [6, 6.07) is 17.4. The van der Waals surface area contributed by atoms with Crippen LogP contribution in [-0.4, -0.2) is 54.3 Å². The lowest BCUT2D eigenvalue weighted by atomic mass is 9.89. The summed E-state index contributed by atoms with van der Waals surface area (Å²) < 4.78 is 13.6. The Morgan fingerprint density at radius 2 is 1.70 bits per heavy atom. The lowest BCUT2D eigenvalue weighted by Crippen LogP contribution is -2.33. The monoisotopic (exact) mass is 592 g/mol. The van der Waals surface area contributed by atoms with E-state index in [1.54, 1.807) is 55.7 Å². The molecule has 0 spiro atoms. The number of carbonyl (C=O) groups is 3. The lowest BCUT2D eigenvalue weighted by molar-refractivity contribution is 0.0856. The van der Waals surface area contributed by atoms with E-state index < -0.39 is 6.03 Å². The first-order chi connectivity index (χ1) is 21.2. The molecule has 9 heteroatoms. The van der Waals surface area contributed by atoms with Crippen LogP contribution in [0.5, 0.6) is 11.5 Å². The van der Waals surface area contributed by atoms with Crippen molar-refractivity contribution in [1.29, 1.82) is 0 Å². The highest BCUT2D eigenvalue weighted by atomic mass is 16.5. The zero-order valence-electron chi connectivity index (χ0n) is 25.4. The molecule has 0 aliphatic carbocycles. The van der Waals surface area contributed by atoms with Crippen LogP contribution < -0.4 is 20.1 Å². The number of nitrogens with zero attached hydrogens (tertiary/aromatic N) is 2. The summed E-state index contributed by atoms with van der Waals surface area (Å²) in [7, 11) is 3.70. The van der Waals surface area contributed by atoms with Crippen molar-refractivity contribution in [2.45, 2.75) is 33.2 Å². The maximum Gasteiger partial charge on any atom is 0.323 e. The molecule has 0 atom stereocenters. The van der Waals surface area contributed by atoms with Gasteiger partial charge in [-0.2, -0.15) is 0 Å². The van der Waals surface area contributed by atoms with Crippen molar-refractivity contribution < 1.29 is 23.9 Å². The number of urea groups is 1. The third-order valence-electron chi connectivity index (χ3n) is 8.61. The van der Waals surface area contributed by atoms with E-state index in [-0.39, 0.29) is 23.2 Å². The number of ether oxygens (including phenoxy) is 2. The van der Waals surface area contributed by atoms with Gasteiger partial charge in [0, 0.05) is 51.6 Å². The van der Waals surface area contributed by atoms with Crippen LogP contribution in [0, 0.1) is 12.8 Å². The summed E-state index contributed by atoms with van der Waals surface area (Å²) in [5.41, 5.74) is 5.02. The molecule has 0 bridgehead atoms. The summed E-state index contributed by atoms with van der Waals surface area (Å²) >= 11 is 0. The summed E-state index contributed by atoms with van der Waals surface area (Å²) in [5, 5.41) is 6.56. The Bertz CT molecular complexity index is 1800. The minimum Gasteiger partial charge on any atom is -0.497 e. The number of carbonyl (C=O) groups excluding carboxylic acids is 3. The fraction of sp³-hybridized carbons (Fsp3) is 0.286. The maximum absolute atomic E-state index is 13.4. The Balaban J connectivity index is 1.14. The van der Waals surface area contributed by atoms with Gasteiger partial charge < -0.3 is 29.6 Å². The molecule has 9 nitrogen and oxygen atoms in total. The highest BCUT2D eigenvalue weighted by Crippen LogP contribution is 2.37. The van der Waals surface area contributed by atoms with Gasteiger partial charge in [0.05, 0.1) is 12.7 Å². The van der Waals surface area contributed by atoms with Crippen LogP contribution in [-0.2, 0) is 6.54 Å². The van der Waals surface area contributed by atoms with Crippen LogP contribution in [0.2, 0.25) is 0 Å². The van der Waals surface area contributed by atoms with Crippen LogP contribution in [0.3, 0.4) is 0 Å². The van der Waals surface area contributed by atoms with Gasteiger partial charge in [0.15, 0.2) is 11.5 Å². The molecule has 3 heterocycles. The minimum atomic E-state index is -0.460. The second kappa shape index (κ2) is 12.0. The number of fused-ring (bicyclic) bond motifs is 2. The average Bonchev–Trinajstić information content (AvgIpc) is 3.48. The summed E-state index contributed by atoms with van der Waals surface area (Å²) in [5.74, 6) is 1.33. The number of anilines is 2. The minimum absolute atomic E-state index is 0.0411. The number of amides is 2. The molecule has 0 saturated carbocycles. The van der Waals surface area contributed by atoms with Gasteiger partial charge in [-0.15, -0.1) is 0 Å². The predicted molar refractivity (Wildman–Crippen MR) is 172 cm³/mol. The molecule has 1 aromatic heterocycles. The molecule has 2 amide bonds. The van der Waals surface area contributed by atoms with Gasteiger partial charge in [0.25, 0.3) is 0 Å². The maximum atomic E-state index is 13.4. The highest BCUT2D eigenvalue weighted by Gasteiger charge is 2.29. The van der Waals surface area contributed by atoms with E-state index in [4.69, 9.17) is 9.47 Å². The van der Waals surface area contributed by atoms with Crippen LogP contribution in [0.25, 0.3) is 17.0 Å². The van der Waals surface area contributed by atoms with Gasteiger partial charge in [0.1, 0.15) is 11.5 Å². The van der Waals surface area contributed by atoms with E-state index in [0.717, 1.165) is 60.4 Å². The first-order valence-corrected chi connectivity index (χ1v) is 14.9. The predicted octanol–water partition coefficient (Wildman–Crippen LogP) is 6.76. The Hall–Kier alpha value is -4.89. The van der Waals surface area contributed by atoms with E-state index in [9.17, 15) is 14.4 Å². The van der Waals surface area contributed by atoms with Crippen molar-refractivity contribution in [2.24, 2.45) is 5.92 Å². The smallest absolute Gasteiger partial charge is 0.323 e. The van der Waals surface area contributed by atoms with Crippen molar-refractivity contribution in [2.75, 3.05) is 37.9 Å². The molecule has 1 saturated heterocycles. The van der Waals surface area contributed by atoms with E-state index >= 15 is 0 Å². The van der Waals surface area contributed by atoms with E-state index in [1.807, 2.05) is 25.1 Å². The topological polar surface area (TPSA) is 102 Å². The fourth-order valence-electron chi connectivity index (χ4n) is 6.12. The number of aryl methyl sites for hydroxylation is 1. The van der Waals surface area contributed by atoms with E-state index in [1.165, 1.54) is 0 Å². The second-order valence-corrected chi connectivity index (χ2v) is 11.4. The fourth-order valence-corrected chi connectivity index (χ4v) is 6.12. The SMILES string of the molecule is CCn1c(C)c(/C=C2\Oc3ccc(NC(=O)Nc4ccc(C(=O)C5CCN(C)CC5)cc4)cc3C2=O)c2cc(OC)ccc21. The number of likely N-dealkylation sites (tertiary alicyclic amines) is 1. The normalized spacial score (nSPS) is 16.2. The van der Waals surface area contributed by atoms with Crippen molar-refractivity contribution >= 4 is 46.0 Å². The zero-order valence-corrected chi connectivity index (χ0v) is 25.4. The number of rotatable bonds is 7. The quantitative estimate of drug-likeness (QED) is 0.182. The number of aromatic nitrogens is 1. The van der Waals surface area contributed by atoms with Gasteiger partial charge in [-0.3, -0.25) is 9.59 Å². The first-order valence-electron chi connectivity index (χ1n) is 14.9. The number of hydrogen-bond donors (Lipinski definition) is 2. The molecule has 4 aromatic rings. The molecule has 0 unspecified atom stereocenters. The van der Waals surface area contributed by atoms with Crippen molar-refractivity contribution in [3.05, 3.63) is 88.8 Å². The Morgan fingerprint density at radius 3 is 2.41 bits per heavy atom. The number of Topliss-reactive ketones (excluding diaryl/α,β-unsaturated/α-hetero) is 2. The van der Waals surface area contributed by atoms with Gasteiger partial charge in [-0.25, -0.2) is 4.79 Å². The van der Waals surface area contributed by atoms with Crippen LogP contribution in [0.1, 0.15) is 51.7 Å². The number of nitrogens with one attached hydrogen (secondary N) is 2. The molecule has 3 aromatic carbocycles. The Kier molecular flexibility index (Phi) is 7.97. The van der Waals surface area contributed by atoms with E-state index in [2.05, 4.69) is 34.1 Å². The van der Waals surface area contributed by atoms with Crippen molar-refractivity contribution in [3.63, 3.8) is 0 Å². The Morgan fingerprint density at radius 1 is 1.00 bits per heavy atom. The molecule has 2 aliphatic rings. The van der Waals surface area contributed by atoms with Crippen LogP contribution >= 0.6 is 0 Å². The third kappa shape index (κ3) is 5.58. The number of allylic oxidation sites excluding steroid dienone is 1. The molecule has 0 radical (unpaired) electrons. The Labute approximate surface area is 256 Å². The zero-order chi connectivity index (χ0) is 31.0. The molecule has 226 valence electrons. The molecule has 2 aliphatic heterocycles. The molecule has 1 fully saturated rings. The molecule has 2 N–H and O–H groups in total. The second-order valence-electron chi connectivity index (χ2n) is 11.4. The summed E-state index contributed by atoms with van der Waals surface area (Å²) in [6.07, 6.45) is 3.51. The number of methoxy groups -OCH3 is 1. The third-order valence-corrected chi connectivity index (χ3v) is 8.61. The summed E-state index contributed by atoms with van der Waals surface area (Å²) in [6.45, 7) is 6.74. The van der Waals surface area contributed by atoms with Crippen molar-refractivity contribution in [1.82, 2.24) is 9.47 Å². The van der Waals surface area contributed by atoms with E-state index in [0.29, 0.717) is 28.3 Å². The largest absolute Gasteiger partial charge is 0.497 e. The number of benzene rings is 3. The summed E-state index contributed by atoms with van der Waals surface area (Å²) in [4.78, 5) is 41.3. The lowest BCUT2D eigenvalue weighted by Gasteiger charge is -2.28. The number of piperidine rings is 1. The van der Waals surface area contributed by atoms with Crippen molar-refractivity contribution in [3.8, 4) is 11.5 Å². The van der Waals surface area contributed by atoms with Gasteiger partial charge in [0.2, 0.25) is 5.78 Å². The highest BCUT2D eigenvalue weighted by molar-refractivity contribution is 6.16. The van der Waals surface area contributed by atoms with Crippen LogP contribution in [0.15, 0.2) is 66.4 Å².